The zero-order valence-electron chi connectivity index (χ0n) is 18.2. The number of nitrogens with zero attached hydrogens (tertiary/aromatic N) is 3. The number of carbonyl (C=O) groups is 2. The van der Waals surface area contributed by atoms with E-state index >= 15 is 0 Å². The van der Waals surface area contributed by atoms with Gasteiger partial charge in [-0.1, -0.05) is 18.2 Å². The minimum absolute atomic E-state index is 0.00137. The molecule has 1 aromatic carbocycles. The first-order chi connectivity index (χ1) is 15.0. The molecule has 0 saturated carbocycles. The van der Waals surface area contributed by atoms with E-state index in [0.29, 0.717) is 38.0 Å². The van der Waals surface area contributed by atoms with E-state index in [4.69, 9.17) is 4.74 Å². The van der Waals surface area contributed by atoms with E-state index < -0.39 is 27.3 Å². The Morgan fingerprint density at radius 2 is 1.91 bits per heavy atom. The number of aliphatic hydroxyl groups is 1. The summed E-state index contributed by atoms with van der Waals surface area (Å²) in [5, 5.41) is 16.1. The third kappa shape index (κ3) is 4.70. The Morgan fingerprint density at radius 3 is 2.53 bits per heavy atom. The number of amides is 2. The number of carbonyl (C=O) groups excluding carboxylic acids is 2. The maximum absolute atomic E-state index is 13.0. The Labute approximate surface area is 187 Å². The Morgan fingerprint density at radius 1 is 1.25 bits per heavy atom. The van der Waals surface area contributed by atoms with Crippen molar-refractivity contribution in [2.24, 2.45) is 5.10 Å². The SMILES string of the molecule is C[C@]1(O)COC2(CCN(C(=O)C3=NN(c4ccccc4)C(=O)C3)CC2)C[C@@H]1NS(C)(=O)=O. The molecule has 2 fully saturated rings. The zero-order chi connectivity index (χ0) is 23.1. The second-order valence-corrected chi connectivity index (χ2v) is 10.8. The van der Waals surface area contributed by atoms with Crippen LogP contribution in [-0.4, -0.2) is 79.1 Å². The summed E-state index contributed by atoms with van der Waals surface area (Å²) < 4.78 is 32.0. The predicted molar refractivity (Wildman–Crippen MR) is 117 cm³/mol. The van der Waals surface area contributed by atoms with Crippen LogP contribution in [0.3, 0.4) is 0 Å². The van der Waals surface area contributed by atoms with Crippen molar-refractivity contribution in [2.75, 3.05) is 31.0 Å². The predicted octanol–water partition coefficient (Wildman–Crippen LogP) is 0.230. The average molecular weight is 465 g/mol. The highest BCUT2D eigenvalue weighted by Gasteiger charge is 2.49. The molecule has 0 aromatic heterocycles. The van der Waals surface area contributed by atoms with Crippen LogP contribution in [0.25, 0.3) is 0 Å². The quantitative estimate of drug-likeness (QED) is 0.656. The molecule has 0 unspecified atom stereocenters. The Kier molecular flexibility index (Phi) is 5.86. The summed E-state index contributed by atoms with van der Waals surface area (Å²) in [7, 11) is -3.50. The van der Waals surface area contributed by atoms with Crippen LogP contribution in [0.5, 0.6) is 0 Å². The van der Waals surface area contributed by atoms with Crippen LogP contribution in [0.4, 0.5) is 5.69 Å². The number of anilines is 1. The first-order valence-corrected chi connectivity index (χ1v) is 12.5. The van der Waals surface area contributed by atoms with Gasteiger partial charge in [-0.25, -0.2) is 13.1 Å². The van der Waals surface area contributed by atoms with Gasteiger partial charge in [0, 0.05) is 13.1 Å². The number of nitrogens with one attached hydrogen (secondary N) is 1. The lowest BCUT2D eigenvalue weighted by molar-refractivity contribution is -0.190. The number of benzene rings is 1. The minimum atomic E-state index is -3.50. The summed E-state index contributed by atoms with van der Waals surface area (Å²) in [6.45, 7) is 2.34. The lowest BCUT2D eigenvalue weighted by atomic mass is 9.78. The fourth-order valence-electron chi connectivity index (χ4n) is 4.45. The molecule has 10 nitrogen and oxygen atoms in total. The highest BCUT2D eigenvalue weighted by Crippen LogP contribution is 2.38. The molecule has 32 heavy (non-hydrogen) atoms. The topological polar surface area (TPSA) is 129 Å². The van der Waals surface area contributed by atoms with Crippen LogP contribution in [0, 0.1) is 0 Å². The van der Waals surface area contributed by atoms with Gasteiger partial charge < -0.3 is 14.7 Å². The first-order valence-electron chi connectivity index (χ1n) is 10.6. The molecular weight excluding hydrogens is 436 g/mol. The van der Waals surface area contributed by atoms with Crippen molar-refractivity contribution in [3.63, 3.8) is 0 Å². The van der Waals surface area contributed by atoms with Gasteiger partial charge in [0.05, 0.1) is 36.6 Å². The number of para-hydroxylation sites is 1. The molecule has 0 bridgehead atoms. The Balaban J connectivity index is 1.41. The van der Waals surface area contributed by atoms with Gasteiger partial charge >= 0.3 is 0 Å². The Bertz CT molecular complexity index is 1030. The number of rotatable bonds is 4. The van der Waals surface area contributed by atoms with E-state index in [1.54, 1.807) is 36.1 Å². The number of likely N-dealkylation sites (tertiary alicyclic amines) is 1. The van der Waals surface area contributed by atoms with Crippen molar-refractivity contribution < 1.29 is 27.9 Å². The maximum atomic E-state index is 13.0. The number of sulfonamides is 1. The molecule has 1 aromatic rings. The van der Waals surface area contributed by atoms with Crippen molar-refractivity contribution in [3.05, 3.63) is 30.3 Å². The van der Waals surface area contributed by atoms with E-state index in [9.17, 15) is 23.1 Å². The standard InChI is InChI=1S/C21H28N4O6S/c1-20(28)14-31-21(13-17(20)23-32(2,29)30)8-10-24(11-9-21)19(27)16-12-18(26)25(22-16)15-6-4-3-5-7-15/h3-7,17,23,28H,8-14H2,1-2H3/t17-,20-/m0/s1. The number of piperidine rings is 1. The average Bonchev–Trinajstić information content (AvgIpc) is 3.13. The van der Waals surface area contributed by atoms with Crippen LogP contribution in [0.15, 0.2) is 35.4 Å². The van der Waals surface area contributed by atoms with Gasteiger partial charge in [-0.3, -0.25) is 9.59 Å². The fraction of sp³-hybridized carbons (Fsp3) is 0.571. The molecule has 11 heteroatoms. The Hall–Kier alpha value is -2.34. The molecule has 4 rings (SSSR count). The highest BCUT2D eigenvalue weighted by atomic mass is 32.2. The number of hydrazone groups is 1. The number of hydrogen-bond donors (Lipinski definition) is 2. The smallest absolute Gasteiger partial charge is 0.270 e. The minimum Gasteiger partial charge on any atom is -0.386 e. The maximum Gasteiger partial charge on any atom is 0.270 e. The second kappa shape index (κ2) is 8.22. The summed E-state index contributed by atoms with van der Waals surface area (Å²) in [6, 6.07) is 8.28. The van der Waals surface area contributed by atoms with Crippen molar-refractivity contribution in [1.29, 1.82) is 0 Å². The number of hydrogen-bond acceptors (Lipinski definition) is 7. The molecule has 2 saturated heterocycles. The molecular formula is C21H28N4O6S. The molecule has 2 atom stereocenters. The molecule has 3 aliphatic rings. The third-order valence-electron chi connectivity index (χ3n) is 6.34. The van der Waals surface area contributed by atoms with E-state index in [1.165, 1.54) is 5.01 Å². The van der Waals surface area contributed by atoms with Crippen molar-refractivity contribution in [1.82, 2.24) is 9.62 Å². The summed E-state index contributed by atoms with van der Waals surface area (Å²) in [6.07, 6.45) is 2.33. The second-order valence-electron chi connectivity index (χ2n) is 9.03. The molecule has 2 N–H and O–H groups in total. The van der Waals surface area contributed by atoms with Crippen molar-refractivity contribution in [3.8, 4) is 0 Å². The molecule has 0 radical (unpaired) electrons. The monoisotopic (exact) mass is 464 g/mol. The summed E-state index contributed by atoms with van der Waals surface area (Å²) in [5.74, 6) is -0.527. The first kappa shape index (κ1) is 22.8. The van der Waals surface area contributed by atoms with E-state index in [1.807, 2.05) is 6.07 Å². The lowest BCUT2D eigenvalue weighted by Crippen LogP contribution is -2.64. The van der Waals surface area contributed by atoms with Gasteiger partial charge in [0.2, 0.25) is 10.0 Å². The fourth-order valence-corrected chi connectivity index (χ4v) is 5.30. The zero-order valence-corrected chi connectivity index (χ0v) is 19.0. The molecule has 3 aliphatic heterocycles. The van der Waals surface area contributed by atoms with Crippen LogP contribution < -0.4 is 9.73 Å². The molecule has 2 amide bonds. The summed E-state index contributed by atoms with van der Waals surface area (Å²) in [4.78, 5) is 27.0. The van der Waals surface area contributed by atoms with E-state index in [0.717, 1.165) is 6.26 Å². The highest BCUT2D eigenvalue weighted by molar-refractivity contribution is 7.88. The van der Waals surface area contributed by atoms with Gasteiger partial charge in [-0.15, -0.1) is 0 Å². The van der Waals surface area contributed by atoms with Crippen LogP contribution in [0.1, 0.15) is 32.6 Å². The lowest BCUT2D eigenvalue weighted by Gasteiger charge is -2.50. The summed E-state index contributed by atoms with van der Waals surface area (Å²) in [5.41, 5.74) is -1.12. The number of ether oxygens (including phenoxy) is 1. The molecule has 1 spiro atoms. The van der Waals surface area contributed by atoms with Crippen LogP contribution in [0.2, 0.25) is 0 Å². The van der Waals surface area contributed by atoms with Crippen LogP contribution >= 0.6 is 0 Å². The van der Waals surface area contributed by atoms with Gasteiger partial charge in [0.25, 0.3) is 11.8 Å². The normalized spacial score (nSPS) is 28.2. The van der Waals surface area contributed by atoms with E-state index in [2.05, 4.69) is 9.82 Å². The van der Waals surface area contributed by atoms with Gasteiger partial charge in [0.15, 0.2) is 0 Å². The van der Waals surface area contributed by atoms with Crippen molar-refractivity contribution in [2.45, 2.75) is 49.9 Å². The third-order valence-corrected chi connectivity index (χ3v) is 7.05. The van der Waals surface area contributed by atoms with E-state index in [-0.39, 0.29) is 30.6 Å². The molecule has 0 aliphatic carbocycles. The van der Waals surface area contributed by atoms with Crippen molar-refractivity contribution >= 4 is 33.2 Å². The van der Waals surface area contributed by atoms with Gasteiger partial charge in [-0.2, -0.15) is 10.1 Å². The van der Waals surface area contributed by atoms with Crippen LogP contribution in [-0.2, 0) is 24.3 Å². The van der Waals surface area contributed by atoms with Gasteiger partial charge in [0.1, 0.15) is 11.3 Å². The molecule has 3 heterocycles. The van der Waals surface area contributed by atoms with Gasteiger partial charge in [-0.05, 0) is 38.3 Å². The summed E-state index contributed by atoms with van der Waals surface area (Å²) >= 11 is 0. The molecule has 174 valence electrons. The largest absolute Gasteiger partial charge is 0.386 e.